The van der Waals surface area contributed by atoms with Gasteiger partial charge in [-0.15, -0.1) is 0 Å². The van der Waals surface area contributed by atoms with Crippen LogP contribution in [0.5, 0.6) is 0 Å². The van der Waals surface area contributed by atoms with E-state index < -0.39 is 0 Å². The van der Waals surface area contributed by atoms with Gasteiger partial charge in [0.1, 0.15) is 0 Å². The van der Waals surface area contributed by atoms with Gasteiger partial charge >= 0.3 is 0 Å². The lowest BCUT2D eigenvalue weighted by Gasteiger charge is -2.34. The molecule has 1 heterocycles. The van der Waals surface area contributed by atoms with Gasteiger partial charge in [0.15, 0.2) is 0 Å². The molecule has 1 fully saturated rings. The molecule has 0 aromatic heterocycles. The Morgan fingerprint density at radius 2 is 1.90 bits per heavy atom. The van der Waals surface area contributed by atoms with Gasteiger partial charge < -0.3 is 15.0 Å². The number of para-hydroxylation sites is 1. The SMILES string of the molecule is CC(C)COCCCNC1CCN(c2ccccc2)CC1. The van der Waals surface area contributed by atoms with E-state index in [9.17, 15) is 0 Å². The predicted octanol–water partition coefficient (Wildman–Crippen LogP) is 3.31. The second kappa shape index (κ2) is 9.06. The maximum absolute atomic E-state index is 5.61. The van der Waals surface area contributed by atoms with Crippen molar-refractivity contribution in [2.45, 2.75) is 39.2 Å². The van der Waals surface area contributed by atoms with Crippen molar-refractivity contribution >= 4 is 5.69 Å². The van der Waals surface area contributed by atoms with Gasteiger partial charge in [0, 0.05) is 38.0 Å². The van der Waals surface area contributed by atoms with Crippen LogP contribution in [0, 0.1) is 5.92 Å². The van der Waals surface area contributed by atoms with E-state index in [1.807, 2.05) is 0 Å². The molecule has 0 atom stereocenters. The summed E-state index contributed by atoms with van der Waals surface area (Å²) in [6.07, 6.45) is 3.59. The Kier molecular flexibility index (Phi) is 7.04. The summed E-state index contributed by atoms with van der Waals surface area (Å²) in [6, 6.07) is 11.4. The highest BCUT2D eigenvalue weighted by molar-refractivity contribution is 5.46. The minimum Gasteiger partial charge on any atom is -0.381 e. The van der Waals surface area contributed by atoms with Crippen molar-refractivity contribution in [3.8, 4) is 0 Å². The zero-order chi connectivity index (χ0) is 14.9. The third-order valence-electron chi connectivity index (χ3n) is 3.97. The van der Waals surface area contributed by atoms with Gasteiger partial charge in [0.05, 0.1) is 0 Å². The number of hydrogen-bond acceptors (Lipinski definition) is 3. The molecule has 1 aromatic carbocycles. The van der Waals surface area contributed by atoms with Gasteiger partial charge in [-0.1, -0.05) is 32.0 Å². The molecular weight excluding hydrogens is 260 g/mol. The van der Waals surface area contributed by atoms with Crippen molar-refractivity contribution in [1.82, 2.24) is 5.32 Å². The van der Waals surface area contributed by atoms with Crippen LogP contribution in [0.15, 0.2) is 30.3 Å². The first-order chi connectivity index (χ1) is 10.3. The van der Waals surface area contributed by atoms with Gasteiger partial charge in [-0.25, -0.2) is 0 Å². The Morgan fingerprint density at radius 3 is 2.57 bits per heavy atom. The summed E-state index contributed by atoms with van der Waals surface area (Å²) < 4.78 is 5.61. The first kappa shape index (κ1) is 16.3. The quantitative estimate of drug-likeness (QED) is 0.743. The number of ether oxygens (including phenoxy) is 1. The zero-order valence-electron chi connectivity index (χ0n) is 13.6. The average Bonchev–Trinajstić information content (AvgIpc) is 2.52. The van der Waals surface area contributed by atoms with Crippen molar-refractivity contribution in [2.24, 2.45) is 5.92 Å². The molecule has 0 aliphatic carbocycles. The first-order valence-corrected chi connectivity index (χ1v) is 8.37. The molecule has 2 rings (SSSR count). The molecule has 1 aliphatic heterocycles. The smallest absolute Gasteiger partial charge is 0.0489 e. The second-order valence-corrected chi connectivity index (χ2v) is 6.37. The number of nitrogens with zero attached hydrogens (tertiary/aromatic N) is 1. The lowest BCUT2D eigenvalue weighted by molar-refractivity contribution is 0.107. The van der Waals surface area contributed by atoms with Crippen LogP contribution in [0.3, 0.4) is 0 Å². The van der Waals surface area contributed by atoms with Crippen LogP contribution >= 0.6 is 0 Å². The van der Waals surface area contributed by atoms with Crippen molar-refractivity contribution in [3.05, 3.63) is 30.3 Å². The Bertz CT molecular complexity index is 372. The highest BCUT2D eigenvalue weighted by atomic mass is 16.5. The highest BCUT2D eigenvalue weighted by Gasteiger charge is 2.18. The first-order valence-electron chi connectivity index (χ1n) is 8.37. The molecule has 3 nitrogen and oxygen atoms in total. The number of piperidine rings is 1. The summed E-state index contributed by atoms with van der Waals surface area (Å²) in [6.45, 7) is 9.55. The Morgan fingerprint density at radius 1 is 1.19 bits per heavy atom. The number of rotatable bonds is 8. The van der Waals surface area contributed by atoms with E-state index in [2.05, 4.69) is 54.4 Å². The van der Waals surface area contributed by atoms with Crippen LogP contribution < -0.4 is 10.2 Å². The molecule has 1 aliphatic rings. The minimum atomic E-state index is 0.639. The topological polar surface area (TPSA) is 24.5 Å². The summed E-state index contributed by atoms with van der Waals surface area (Å²) in [5, 5.41) is 3.68. The average molecular weight is 290 g/mol. The molecule has 1 aromatic rings. The van der Waals surface area contributed by atoms with Crippen LogP contribution in [-0.4, -0.2) is 38.9 Å². The number of nitrogens with one attached hydrogen (secondary N) is 1. The zero-order valence-corrected chi connectivity index (χ0v) is 13.6. The van der Waals surface area contributed by atoms with Gasteiger partial charge in [-0.3, -0.25) is 0 Å². The Labute approximate surface area is 129 Å². The Hall–Kier alpha value is -1.06. The molecule has 1 saturated heterocycles. The van der Waals surface area contributed by atoms with E-state index in [4.69, 9.17) is 4.74 Å². The van der Waals surface area contributed by atoms with Crippen molar-refractivity contribution in [2.75, 3.05) is 37.7 Å². The second-order valence-electron chi connectivity index (χ2n) is 6.37. The largest absolute Gasteiger partial charge is 0.381 e. The fourth-order valence-corrected chi connectivity index (χ4v) is 2.78. The van der Waals surface area contributed by atoms with Gasteiger partial charge in [0.25, 0.3) is 0 Å². The molecule has 1 N–H and O–H groups in total. The van der Waals surface area contributed by atoms with Crippen LogP contribution in [0.1, 0.15) is 33.1 Å². The van der Waals surface area contributed by atoms with E-state index in [0.717, 1.165) is 39.3 Å². The Balaban J connectivity index is 1.55. The third kappa shape index (κ3) is 6.06. The molecule has 118 valence electrons. The monoisotopic (exact) mass is 290 g/mol. The van der Waals surface area contributed by atoms with E-state index >= 15 is 0 Å². The predicted molar refractivity (Wildman–Crippen MR) is 90.0 cm³/mol. The summed E-state index contributed by atoms with van der Waals surface area (Å²) in [7, 11) is 0. The van der Waals surface area contributed by atoms with Crippen LogP contribution in [-0.2, 0) is 4.74 Å². The highest BCUT2D eigenvalue weighted by Crippen LogP contribution is 2.19. The van der Waals surface area contributed by atoms with E-state index in [-0.39, 0.29) is 0 Å². The fraction of sp³-hybridized carbons (Fsp3) is 0.667. The van der Waals surface area contributed by atoms with Gasteiger partial charge in [0.2, 0.25) is 0 Å². The standard InChI is InChI=1S/C18H30N2O/c1-16(2)15-21-14-6-11-19-17-9-12-20(13-10-17)18-7-4-3-5-8-18/h3-5,7-8,16-17,19H,6,9-15H2,1-2H3. The molecule has 0 amide bonds. The van der Waals surface area contributed by atoms with Crippen molar-refractivity contribution in [3.63, 3.8) is 0 Å². The summed E-state index contributed by atoms with van der Waals surface area (Å²) in [4.78, 5) is 2.49. The molecule has 0 spiro atoms. The molecule has 3 heteroatoms. The van der Waals surface area contributed by atoms with Crippen LogP contribution in [0.25, 0.3) is 0 Å². The maximum atomic E-state index is 5.61. The van der Waals surface area contributed by atoms with E-state index in [1.165, 1.54) is 18.5 Å². The van der Waals surface area contributed by atoms with Gasteiger partial charge in [-0.05, 0) is 43.9 Å². The molecule has 0 bridgehead atoms. The fourth-order valence-electron chi connectivity index (χ4n) is 2.78. The maximum Gasteiger partial charge on any atom is 0.0489 e. The molecule has 0 saturated carbocycles. The number of anilines is 1. The summed E-state index contributed by atoms with van der Waals surface area (Å²) in [5.74, 6) is 0.639. The summed E-state index contributed by atoms with van der Waals surface area (Å²) >= 11 is 0. The van der Waals surface area contributed by atoms with Crippen molar-refractivity contribution in [1.29, 1.82) is 0 Å². The number of hydrogen-bond donors (Lipinski definition) is 1. The third-order valence-corrected chi connectivity index (χ3v) is 3.97. The van der Waals surface area contributed by atoms with Crippen LogP contribution in [0.2, 0.25) is 0 Å². The van der Waals surface area contributed by atoms with E-state index in [1.54, 1.807) is 0 Å². The lowest BCUT2D eigenvalue weighted by atomic mass is 10.0. The molecule has 0 unspecified atom stereocenters. The minimum absolute atomic E-state index is 0.639. The number of benzene rings is 1. The van der Waals surface area contributed by atoms with E-state index in [0.29, 0.717) is 12.0 Å². The molecular formula is C18H30N2O. The summed E-state index contributed by atoms with van der Waals surface area (Å²) in [5.41, 5.74) is 1.36. The molecule has 0 radical (unpaired) electrons. The van der Waals surface area contributed by atoms with Gasteiger partial charge in [-0.2, -0.15) is 0 Å². The lowest BCUT2D eigenvalue weighted by Crippen LogP contribution is -2.43. The normalized spacial score (nSPS) is 16.6. The molecule has 21 heavy (non-hydrogen) atoms. The van der Waals surface area contributed by atoms with Crippen LogP contribution in [0.4, 0.5) is 5.69 Å². The van der Waals surface area contributed by atoms with Crippen molar-refractivity contribution < 1.29 is 4.74 Å².